The summed E-state index contributed by atoms with van der Waals surface area (Å²) in [6.07, 6.45) is 3.80. The molecular formula is C30H26ClN3O. The first-order valence-corrected chi connectivity index (χ1v) is 12.1. The standard InChI is InChI=1S/C30H26ClN3O/c1-21(25-8-5-9-27(31)30(25)35)33-24-15-18-34(19-16-24)29-14-17-32-28-20-23(12-13-26(28)29)11-10-22-6-3-2-4-7-22/h2-9,12-14,17,20,24,33,35H,1,15-16,18-19H2. The summed E-state index contributed by atoms with van der Waals surface area (Å²) in [5.74, 6) is 6.54. The molecule has 5 heteroatoms. The second kappa shape index (κ2) is 10.1. The van der Waals surface area contributed by atoms with E-state index < -0.39 is 0 Å². The van der Waals surface area contributed by atoms with Gasteiger partial charge >= 0.3 is 0 Å². The highest BCUT2D eigenvalue weighted by molar-refractivity contribution is 6.32. The van der Waals surface area contributed by atoms with Gasteiger partial charge < -0.3 is 15.3 Å². The molecule has 35 heavy (non-hydrogen) atoms. The highest BCUT2D eigenvalue weighted by Crippen LogP contribution is 2.32. The van der Waals surface area contributed by atoms with Crippen LogP contribution in [-0.2, 0) is 0 Å². The lowest BCUT2D eigenvalue weighted by Gasteiger charge is -2.35. The van der Waals surface area contributed by atoms with Crippen LogP contribution in [0.1, 0.15) is 29.5 Å². The van der Waals surface area contributed by atoms with E-state index in [1.807, 2.05) is 48.7 Å². The minimum Gasteiger partial charge on any atom is -0.506 e. The Labute approximate surface area is 210 Å². The molecule has 0 atom stereocenters. The first-order chi connectivity index (χ1) is 17.1. The van der Waals surface area contributed by atoms with Crippen molar-refractivity contribution in [1.82, 2.24) is 10.3 Å². The van der Waals surface area contributed by atoms with Gasteiger partial charge in [-0.1, -0.05) is 54.3 Å². The zero-order chi connectivity index (χ0) is 24.2. The number of nitrogens with one attached hydrogen (secondary N) is 1. The van der Waals surface area contributed by atoms with Gasteiger partial charge in [-0.25, -0.2) is 0 Å². The quantitative estimate of drug-likeness (QED) is 0.341. The molecule has 1 fully saturated rings. The van der Waals surface area contributed by atoms with E-state index in [0.29, 0.717) is 16.3 Å². The third-order valence-electron chi connectivity index (χ3n) is 6.37. The van der Waals surface area contributed by atoms with Crippen molar-refractivity contribution in [1.29, 1.82) is 0 Å². The topological polar surface area (TPSA) is 48.4 Å². The van der Waals surface area contributed by atoms with Gasteiger partial charge in [0.1, 0.15) is 5.75 Å². The van der Waals surface area contributed by atoms with Crippen molar-refractivity contribution in [2.24, 2.45) is 0 Å². The number of rotatable bonds is 4. The third kappa shape index (κ3) is 5.11. The molecule has 174 valence electrons. The molecule has 4 aromatic rings. The zero-order valence-electron chi connectivity index (χ0n) is 19.3. The van der Waals surface area contributed by atoms with Crippen LogP contribution in [0.5, 0.6) is 5.75 Å². The summed E-state index contributed by atoms with van der Waals surface area (Å²) in [5.41, 5.74) is 5.44. The van der Waals surface area contributed by atoms with Crippen molar-refractivity contribution >= 4 is 33.9 Å². The molecule has 4 nitrogen and oxygen atoms in total. The van der Waals surface area contributed by atoms with Crippen LogP contribution < -0.4 is 10.2 Å². The Hall–Kier alpha value is -3.94. The summed E-state index contributed by atoms with van der Waals surface area (Å²) < 4.78 is 0. The Balaban J connectivity index is 1.27. The van der Waals surface area contributed by atoms with E-state index in [4.69, 9.17) is 11.6 Å². The van der Waals surface area contributed by atoms with Crippen LogP contribution in [0.2, 0.25) is 5.02 Å². The van der Waals surface area contributed by atoms with Gasteiger partial charge in [-0.2, -0.15) is 0 Å². The van der Waals surface area contributed by atoms with Gasteiger partial charge in [0.25, 0.3) is 0 Å². The first-order valence-electron chi connectivity index (χ1n) is 11.7. The van der Waals surface area contributed by atoms with E-state index in [1.54, 1.807) is 6.07 Å². The SMILES string of the molecule is C=C(NC1CCN(c2ccnc3cc(C#Cc4ccccc4)ccc23)CC1)c1cccc(Cl)c1O. The number of hydrogen-bond donors (Lipinski definition) is 2. The lowest BCUT2D eigenvalue weighted by molar-refractivity contribution is 0.456. The number of aromatic hydroxyl groups is 1. The number of phenolic OH excluding ortho intramolecular Hbond substituents is 1. The van der Waals surface area contributed by atoms with E-state index in [-0.39, 0.29) is 11.8 Å². The summed E-state index contributed by atoms with van der Waals surface area (Å²) in [5, 5.41) is 15.2. The molecule has 0 bridgehead atoms. The van der Waals surface area contributed by atoms with E-state index in [1.165, 1.54) is 5.69 Å². The van der Waals surface area contributed by atoms with Gasteiger partial charge in [0.05, 0.1) is 10.5 Å². The van der Waals surface area contributed by atoms with Crippen LogP contribution in [0.3, 0.4) is 0 Å². The largest absolute Gasteiger partial charge is 0.506 e. The highest BCUT2D eigenvalue weighted by Gasteiger charge is 2.22. The summed E-state index contributed by atoms with van der Waals surface area (Å²) in [6.45, 7) is 5.95. The summed E-state index contributed by atoms with van der Waals surface area (Å²) >= 11 is 6.05. The second-order valence-corrected chi connectivity index (χ2v) is 9.11. The number of benzene rings is 3. The Morgan fingerprint density at radius 1 is 0.971 bits per heavy atom. The smallest absolute Gasteiger partial charge is 0.143 e. The van der Waals surface area contributed by atoms with Crippen LogP contribution >= 0.6 is 11.6 Å². The van der Waals surface area contributed by atoms with Gasteiger partial charge in [-0.05, 0) is 61.4 Å². The average Bonchev–Trinajstić information content (AvgIpc) is 2.89. The predicted molar refractivity (Wildman–Crippen MR) is 145 cm³/mol. The van der Waals surface area contributed by atoms with Gasteiger partial charge in [-0.3, -0.25) is 4.98 Å². The van der Waals surface area contributed by atoms with Crippen LogP contribution in [0.15, 0.2) is 85.6 Å². The fourth-order valence-electron chi connectivity index (χ4n) is 4.50. The summed E-state index contributed by atoms with van der Waals surface area (Å²) in [7, 11) is 0. The minimum atomic E-state index is 0.0696. The Morgan fingerprint density at radius 2 is 1.74 bits per heavy atom. The minimum absolute atomic E-state index is 0.0696. The number of nitrogens with zero attached hydrogens (tertiary/aromatic N) is 2. The number of halogens is 1. The average molecular weight is 480 g/mol. The number of para-hydroxylation sites is 1. The molecule has 3 aromatic carbocycles. The summed E-state index contributed by atoms with van der Waals surface area (Å²) in [6, 6.07) is 23.9. The van der Waals surface area contributed by atoms with Crippen molar-refractivity contribution in [2.45, 2.75) is 18.9 Å². The molecule has 0 unspecified atom stereocenters. The molecule has 1 saturated heterocycles. The predicted octanol–water partition coefficient (Wildman–Crippen LogP) is 6.22. The fourth-order valence-corrected chi connectivity index (χ4v) is 4.67. The van der Waals surface area contributed by atoms with Crippen LogP contribution in [0.4, 0.5) is 5.69 Å². The van der Waals surface area contributed by atoms with Crippen molar-refractivity contribution in [3.05, 3.63) is 107 Å². The third-order valence-corrected chi connectivity index (χ3v) is 6.68. The van der Waals surface area contributed by atoms with E-state index in [9.17, 15) is 5.11 Å². The van der Waals surface area contributed by atoms with Crippen LogP contribution in [0, 0.1) is 11.8 Å². The Bertz CT molecular complexity index is 1430. The number of piperidine rings is 1. The molecule has 0 spiro atoms. The number of hydrogen-bond acceptors (Lipinski definition) is 4. The molecule has 1 aromatic heterocycles. The number of anilines is 1. The molecule has 0 amide bonds. The number of aromatic nitrogens is 1. The van der Waals surface area contributed by atoms with Crippen molar-refractivity contribution in [3.8, 4) is 17.6 Å². The molecule has 0 saturated carbocycles. The van der Waals surface area contributed by atoms with Crippen molar-refractivity contribution in [2.75, 3.05) is 18.0 Å². The molecule has 0 aliphatic carbocycles. The molecule has 0 radical (unpaired) electrons. The fraction of sp³-hybridized carbons (Fsp3) is 0.167. The van der Waals surface area contributed by atoms with Crippen LogP contribution in [0.25, 0.3) is 16.6 Å². The lowest BCUT2D eigenvalue weighted by Crippen LogP contribution is -2.42. The van der Waals surface area contributed by atoms with E-state index >= 15 is 0 Å². The van der Waals surface area contributed by atoms with Gasteiger partial charge in [0, 0.05) is 58.8 Å². The number of phenols is 1. The van der Waals surface area contributed by atoms with E-state index in [2.05, 4.69) is 57.9 Å². The maximum Gasteiger partial charge on any atom is 0.143 e. The maximum absolute atomic E-state index is 10.2. The van der Waals surface area contributed by atoms with Crippen molar-refractivity contribution in [3.63, 3.8) is 0 Å². The molecule has 1 aliphatic rings. The molecule has 2 heterocycles. The van der Waals surface area contributed by atoms with Gasteiger partial charge in [-0.15, -0.1) is 0 Å². The Kier molecular flexibility index (Phi) is 6.61. The highest BCUT2D eigenvalue weighted by atomic mass is 35.5. The molecule has 2 N–H and O–H groups in total. The molecule has 5 rings (SSSR count). The van der Waals surface area contributed by atoms with Gasteiger partial charge in [0.2, 0.25) is 0 Å². The maximum atomic E-state index is 10.2. The Morgan fingerprint density at radius 3 is 2.54 bits per heavy atom. The first kappa shape index (κ1) is 22.8. The van der Waals surface area contributed by atoms with Gasteiger partial charge in [0.15, 0.2) is 0 Å². The van der Waals surface area contributed by atoms with Crippen molar-refractivity contribution < 1.29 is 5.11 Å². The number of pyridine rings is 1. The number of fused-ring (bicyclic) bond motifs is 1. The summed E-state index contributed by atoms with van der Waals surface area (Å²) in [4.78, 5) is 7.02. The lowest BCUT2D eigenvalue weighted by atomic mass is 10.0. The van der Waals surface area contributed by atoms with Crippen LogP contribution in [-0.4, -0.2) is 29.2 Å². The van der Waals surface area contributed by atoms with E-state index in [0.717, 1.165) is 48.0 Å². The second-order valence-electron chi connectivity index (χ2n) is 8.70. The molecule has 1 aliphatic heterocycles. The molecular weight excluding hydrogens is 454 g/mol. The monoisotopic (exact) mass is 479 g/mol. The zero-order valence-corrected chi connectivity index (χ0v) is 20.1. The normalized spacial score (nSPS) is 13.8.